The van der Waals surface area contributed by atoms with Crippen molar-refractivity contribution in [2.24, 2.45) is 5.92 Å². The summed E-state index contributed by atoms with van der Waals surface area (Å²) in [4.78, 5) is 11.1. The number of hydrogen-bond donors (Lipinski definition) is 1. The Labute approximate surface area is 130 Å². The number of rotatable bonds is 5. The second-order valence-electron chi connectivity index (χ2n) is 6.21. The lowest BCUT2D eigenvalue weighted by Gasteiger charge is -2.24. The zero-order valence-electron chi connectivity index (χ0n) is 12.1. The largest absolute Gasteiger partial charge is 0.481 e. The number of carboxylic acid groups (broad SMARTS) is 1. The Bertz CT molecular complexity index is 519. The van der Waals surface area contributed by atoms with Crippen LogP contribution in [0.15, 0.2) is 18.2 Å². The second-order valence-corrected chi connectivity index (χ2v) is 6.62. The summed E-state index contributed by atoms with van der Waals surface area (Å²) in [5.74, 6) is 0.380. The summed E-state index contributed by atoms with van der Waals surface area (Å²) < 4.78 is 5.40. The minimum Gasteiger partial charge on any atom is -0.481 e. The molecule has 114 valence electrons. The predicted octanol–water partition coefficient (Wildman–Crippen LogP) is 4.20. The van der Waals surface area contributed by atoms with Crippen molar-refractivity contribution in [1.29, 1.82) is 0 Å². The molecule has 0 amide bonds. The van der Waals surface area contributed by atoms with Crippen LogP contribution in [-0.4, -0.2) is 24.3 Å². The average molecular weight is 309 g/mol. The highest BCUT2D eigenvalue weighted by atomic mass is 35.5. The first-order chi connectivity index (χ1) is 10.1. The topological polar surface area (TPSA) is 46.5 Å². The predicted molar refractivity (Wildman–Crippen MR) is 82.0 cm³/mol. The molecule has 21 heavy (non-hydrogen) atoms. The van der Waals surface area contributed by atoms with Crippen molar-refractivity contribution in [3.05, 3.63) is 34.3 Å². The van der Waals surface area contributed by atoms with E-state index in [1.807, 2.05) is 6.07 Å². The molecule has 1 unspecified atom stereocenters. The van der Waals surface area contributed by atoms with Crippen LogP contribution in [0.5, 0.6) is 0 Å². The van der Waals surface area contributed by atoms with Gasteiger partial charge in [0.05, 0.1) is 6.42 Å². The van der Waals surface area contributed by atoms with E-state index in [1.165, 1.54) is 5.56 Å². The van der Waals surface area contributed by atoms with E-state index >= 15 is 0 Å². The third kappa shape index (κ3) is 3.58. The van der Waals surface area contributed by atoms with Crippen LogP contribution in [0.3, 0.4) is 0 Å². The number of benzene rings is 1. The Morgan fingerprint density at radius 3 is 2.57 bits per heavy atom. The standard InChI is InChI=1S/C17H21ClO3/c18-16-9-13(15(10-17(19)20)11-1-2-11)3-4-14(16)12-5-7-21-8-6-12/h3-4,9,11-12,15H,1-2,5-8,10H2,(H,19,20). The van der Waals surface area contributed by atoms with Gasteiger partial charge in [0.2, 0.25) is 0 Å². The Balaban J connectivity index is 1.80. The van der Waals surface area contributed by atoms with E-state index in [2.05, 4.69) is 12.1 Å². The summed E-state index contributed by atoms with van der Waals surface area (Å²) in [6, 6.07) is 6.19. The molecule has 1 atom stereocenters. The molecule has 1 saturated heterocycles. The van der Waals surface area contributed by atoms with E-state index in [9.17, 15) is 4.79 Å². The molecule has 1 aliphatic heterocycles. The van der Waals surface area contributed by atoms with Crippen molar-refractivity contribution in [1.82, 2.24) is 0 Å². The molecule has 1 saturated carbocycles. The molecule has 1 heterocycles. The van der Waals surface area contributed by atoms with Gasteiger partial charge in [-0.25, -0.2) is 0 Å². The summed E-state index contributed by atoms with van der Waals surface area (Å²) in [6.45, 7) is 1.60. The monoisotopic (exact) mass is 308 g/mol. The number of halogens is 1. The van der Waals surface area contributed by atoms with Gasteiger partial charge < -0.3 is 9.84 Å². The summed E-state index contributed by atoms with van der Waals surface area (Å²) >= 11 is 6.48. The minimum atomic E-state index is -0.725. The number of aliphatic carboxylic acids is 1. The molecule has 4 heteroatoms. The Morgan fingerprint density at radius 1 is 1.29 bits per heavy atom. The molecular formula is C17H21ClO3. The second kappa shape index (κ2) is 6.37. The Morgan fingerprint density at radius 2 is 2.00 bits per heavy atom. The van der Waals surface area contributed by atoms with Gasteiger partial charge in [-0.1, -0.05) is 23.7 Å². The van der Waals surface area contributed by atoms with Crippen LogP contribution in [0.25, 0.3) is 0 Å². The fourth-order valence-corrected chi connectivity index (χ4v) is 3.70. The number of carboxylic acids is 1. The van der Waals surface area contributed by atoms with Gasteiger partial charge in [-0.3, -0.25) is 4.79 Å². The lowest BCUT2D eigenvalue weighted by atomic mass is 9.87. The van der Waals surface area contributed by atoms with Crippen LogP contribution in [0.1, 0.15) is 55.1 Å². The van der Waals surface area contributed by atoms with E-state index in [0.717, 1.165) is 49.5 Å². The van der Waals surface area contributed by atoms with E-state index in [1.54, 1.807) is 0 Å². The molecule has 2 fully saturated rings. The zero-order valence-corrected chi connectivity index (χ0v) is 12.8. The molecule has 0 radical (unpaired) electrons. The third-order valence-electron chi connectivity index (χ3n) is 4.70. The summed E-state index contributed by atoms with van der Waals surface area (Å²) in [7, 11) is 0. The van der Waals surface area contributed by atoms with Crippen LogP contribution in [-0.2, 0) is 9.53 Å². The highest BCUT2D eigenvalue weighted by Crippen LogP contribution is 2.45. The summed E-state index contributed by atoms with van der Waals surface area (Å²) in [5, 5.41) is 9.89. The first-order valence-electron chi connectivity index (χ1n) is 7.74. The van der Waals surface area contributed by atoms with E-state index in [4.69, 9.17) is 21.4 Å². The van der Waals surface area contributed by atoms with E-state index in [0.29, 0.717) is 11.8 Å². The lowest BCUT2D eigenvalue weighted by molar-refractivity contribution is -0.137. The molecule has 1 aromatic carbocycles. The lowest BCUT2D eigenvalue weighted by Crippen LogP contribution is -2.15. The molecular weight excluding hydrogens is 288 g/mol. The fraction of sp³-hybridized carbons (Fsp3) is 0.588. The van der Waals surface area contributed by atoms with Gasteiger partial charge in [0.25, 0.3) is 0 Å². The molecule has 0 aromatic heterocycles. The van der Waals surface area contributed by atoms with Gasteiger partial charge in [-0.05, 0) is 60.6 Å². The van der Waals surface area contributed by atoms with Gasteiger partial charge in [0, 0.05) is 18.2 Å². The van der Waals surface area contributed by atoms with Gasteiger partial charge in [0.15, 0.2) is 0 Å². The third-order valence-corrected chi connectivity index (χ3v) is 5.03. The molecule has 1 aliphatic carbocycles. The van der Waals surface area contributed by atoms with Gasteiger partial charge in [-0.2, -0.15) is 0 Å². The Hall–Kier alpha value is -1.06. The SMILES string of the molecule is O=C(O)CC(c1ccc(C2CCOCC2)c(Cl)c1)C1CC1. The van der Waals surface area contributed by atoms with E-state index in [-0.39, 0.29) is 12.3 Å². The molecule has 3 nitrogen and oxygen atoms in total. The maximum atomic E-state index is 11.1. The Kier molecular flexibility index (Phi) is 4.51. The number of carbonyl (C=O) groups is 1. The average Bonchev–Trinajstić information content (AvgIpc) is 3.30. The van der Waals surface area contributed by atoms with Crippen LogP contribution >= 0.6 is 11.6 Å². The molecule has 0 spiro atoms. The van der Waals surface area contributed by atoms with Crippen molar-refractivity contribution in [3.8, 4) is 0 Å². The van der Waals surface area contributed by atoms with E-state index < -0.39 is 5.97 Å². The van der Waals surface area contributed by atoms with Gasteiger partial charge in [0.1, 0.15) is 0 Å². The van der Waals surface area contributed by atoms with Crippen LogP contribution in [0.2, 0.25) is 5.02 Å². The van der Waals surface area contributed by atoms with Crippen molar-refractivity contribution < 1.29 is 14.6 Å². The normalized spacial score (nSPS) is 21.2. The van der Waals surface area contributed by atoms with Crippen molar-refractivity contribution in [2.75, 3.05) is 13.2 Å². The van der Waals surface area contributed by atoms with Crippen molar-refractivity contribution in [3.63, 3.8) is 0 Å². The summed E-state index contributed by atoms with van der Waals surface area (Å²) in [6.07, 6.45) is 4.51. The highest BCUT2D eigenvalue weighted by Gasteiger charge is 2.34. The number of hydrogen-bond acceptors (Lipinski definition) is 2. The van der Waals surface area contributed by atoms with Gasteiger partial charge in [-0.15, -0.1) is 0 Å². The zero-order chi connectivity index (χ0) is 14.8. The van der Waals surface area contributed by atoms with Crippen molar-refractivity contribution in [2.45, 2.75) is 43.9 Å². The van der Waals surface area contributed by atoms with Crippen LogP contribution in [0, 0.1) is 5.92 Å². The number of ether oxygens (including phenoxy) is 1. The highest BCUT2D eigenvalue weighted by molar-refractivity contribution is 6.31. The summed E-state index contributed by atoms with van der Waals surface area (Å²) in [5.41, 5.74) is 2.27. The molecule has 1 N–H and O–H groups in total. The van der Waals surface area contributed by atoms with Crippen LogP contribution in [0.4, 0.5) is 0 Å². The molecule has 1 aromatic rings. The fourth-order valence-electron chi connectivity index (χ4n) is 3.36. The van der Waals surface area contributed by atoms with Crippen molar-refractivity contribution >= 4 is 17.6 Å². The molecule has 0 bridgehead atoms. The maximum absolute atomic E-state index is 11.1. The molecule has 3 rings (SSSR count). The molecule has 2 aliphatic rings. The smallest absolute Gasteiger partial charge is 0.303 e. The maximum Gasteiger partial charge on any atom is 0.303 e. The van der Waals surface area contributed by atoms with Crippen LogP contribution < -0.4 is 0 Å². The first kappa shape index (κ1) is 14.9. The van der Waals surface area contributed by atoms with Gasteiger partial charge >= 0.3 is 5.97 Å². The minimum absolute atomic E-state index is 0.115. The first-order valence-corrected chi connectivity index (χ1v) is 8.12. The quantitative estimate of drug-likeness (QED) is 0.886.